The normalized spacial score (nSPS) is 11.5. The Kier molecular flexibility index (Phi) is 7.23. The molecule has 0 saturated carbocycles. The number of hydrogen-bond donors (Lipinski definition) is 1. The van der Waals surface area contributed by atoms with Gasteiger partial charge in [-0.1, -0.05) is 37.3 Å². The topological polar surface area (TPSA) is 41.6 Å². The van der Waals surface area contributed by atoms with E-state index in [0.717, 1.165) is 26.1 Å². The maximum absolute atomic E-state index is 11.5. The summed E-state index contributed by atoms with van der Waals surface area (Å²) in [5, 5.41) is 2.79. The second kappa shape index (κ2) is 8.67. The summed E-state index contributed by atoms with van der Waals surface area (Å²) in [6.45, 7) is 11.3. The van der Waals surface area contributed by atoms with Crippen LogP contribution < -0.4 is 5.32 Å². The molecule has 0 atom stereocenters. The molecule has 4 heteroatoms. The van der Waals surface area contributed by atoms with E-state index >= 15 is 0 Å². The first kappa shape index (κ1) is 17.5. The minimum absolute atomic E-state index is 0.339. The number of hydrogen-bond acceptors (Lipinski definition) is 3. The highest BCUT2D eigenvalue weighted by Gasteiger charge is 2.15. The van der Waals surface area contributed by atoms with Gasteiger partial charge in [-0.05, 0) is 39.3 Å². The minimum atomic E-state index is -0.438. The second-order valence-electron chi connectivity index (χ2n) is 6.14. The minimum Gasteiger partial charge on any atom is -0.444 e. The summed E-state index contributed by atoms with van der Waals surface area (Å²) in [6, 6.07) is 10.4. The van der Waals surface area contributed by atoms with Gasteiger partial charge in [0.05, 0.1) is 0 Å². The predicted molar refractivity (Wildman–Crippen MR) is 86.2 cm³/mol. The Labute approximate surface area is 128 Å². The van der Waals surface area contributed by atoms with E-state index in [2.05, 4.69) is 41.4 Å². The maximum Gasteiger partial charge on any atom is 0.407 e. The van der Waals surface area contributed by atoms with E-state index in [4.69, 9.17) is 4.74 Å². The van der Waals surface area contributed by atoms with Crippen molar-refractivity contribution in [3.63, 3.8) is 0 Å². The summed E-state index contributed by atoms with van der Waals surface area (Å²) < 4.78 is 5.20. The Bertz CT molecular complexity index is 413. The van der Waals surface area contributed by atoms with E-state index in [1.165, 1.54) is 5.56 Å². The number of rotatable bonds is 7. The number of carbonyl (C=O) groups is 1. The number of benzene rings is 1. The number of nitrogens with one attached hydrogen (secondary N) is 1. The van der Waals surface area contributed by atoms with Gasteiger partial charge in [0, 0.05) is 19.6 Å². The lowest BCUT2D eigenvalue weighted by atomic mass is 10.2. The van der Waals surface area contributed by atoms with Crippen LogP contribution in [0.1, 0.15) is 39.7 Å². The van der Waals surface area contributed by atoms with Gasteiger partial charge in [-0.25, -0.2) is 4.79 Å². The maximum atomic E-state index is 11.5. The van der Waals surface area contributed by atoms with Crippen molar-refractivity contribution in [3.8, 4) is 0 Å². The Morgan fingerprint density at radius 3 is 2.48 bits per heavy atom. The first-order chi connectivity index (χ1) is 9.90. The van der Waals surface area contributed by atoms with Crippen LogP contribution in [0, 0.1) is 0 Å². The van der Waals surface area contributed by atoms with Gasteiger partial charge < -0.3 is 10.1 Å². The number of nitrogens with zero attached hydrogens (tertiary/aromatic N) is 1. The zero-order valence-electron chi connectivity index (χ0n) is 13.7. The third-order valence-corrected chi connectivity index (χ3v) is 3.02. The summed E-state index contributed by atoms with van der Waals surface area (Å²) in [5.74, 6) is 0. The van der Waals surface area contributed by atoms with Crippen LogP contribution in [0.4, 0.5) is 4.79 Å². The van der Waals surface area contributed by atoms with E-state index in [1.807, 2.05) is 26.8 Å². The second-order valence-corrected chi connectivity index (χ2v) is 6.14. The van der Waals surface area contributed by atoms with Crippen molar-refractivity contribution in [2.75, 3.05) is 19.6 Å². The first-order valence-corrected chi connectivity index (χ1v) is 7.64. The summed E-state index contributed by atoms with van der Waals surface area (Å²) in [6.07, 6.45) is 0.577. The van der Waals surface area contributed by atoms with Gasteiger partial charge >= 0.3 is 6.09 Å². The lowest BCUT2D eigenvalue weighted by Crippen LogP contribution is -2.34. The van der Waals surface area contributed by atoms with Gasteiger partial charge in [0.25, 0.3) is 0 Å². The van der Waals surface area contributed by atoms with Crippen molar-refractivity contribution in [1.82, 2.24) is 10.2 Å². The molecule has 0 spiro atoms. The van der Waals surface area contributed by atoms with Crippen molar-refractivity contribution in [2.24, 2.45) is 0 Å². The van der Waals surface area contributed by atoms with Crippen LogP contribution in [0.3, 0.4) is 0 Å². The van der Waals surface area contributed by atoms with Crippen molar-refractivity contribution in [2.45, 2.75) is 46.3 Å². The third-order valence-electron chi connectivity index (χ3n) is 3.02. The molecular weight excluding hydrogens is 264 g/mol. The van der Waals surface area contributed by atoms with Gasteiger partial charge in [-0.3, -0.25) is 4.90 Å². The smallest absolute Gasteiger partial charge is 0.407 e. The molecule has 21 heavy (non-hydrogen) atoms. The average Bonchev–Trinajstić information content (AvgIpc) is 2.41. The molecule has 118 valence electrons. The molecule has 0 fully saturated rings. The molecule has 0 saturated heterocycles. The fourth-order valence-corrected chi connectivity index (χ4v) is 2.00. The van der Waals surface area contributed by atoms with Crippen LogP contribution in [0.2, 0.25) is 0 Å². The van der Waals surface area contributed by atoms with Crippen LogP contribution in [-0.4, -0.2) is 36.2 Å². The highest BCUT2D eigenvalue weighted by Crippen LogP contribution is 2.07. The average molecular weight is 292 g/mol. The SMILES string of the molecule is CCN(CCCNC(=O)OC(C)(C)C)Cc1ccccc1. The molecule has 0 aliphatic rings. The summed E-state index contributed by atoms with van der Waals surface area (Å²) in [7, 11) is 0. The van der Waals surface area contributed by atoms with Crippen molar-refractivity contribution in [1.29, 1.82) is 0 Å². The molecule has 0 bridgehead atoms. The fourth-order valence-electron chi connectivity index (χ4n) is 2.00. The number of carbonyl (C=O) groups excluding carboxylic acids is 1. The zero-order valence-corrected chi connectivity index (χ0v) is 13.7. The molecule has 0 aromatic heterocycles. The molecule has 0 aliphatic carbocycles. The number of ether oxygens (including phenoxy) is 1. The molecule has 4 nitrogen and oxygen atoms in total. The van der Waals surface area contributed by atoms with E-state index in [9.17, 15) is 4.79 Å². The molecular formula is C17H28N2O2. The molecule has 1 rings (SSSR count). The van der Waals surface area contributed by atoms with Crippen molar-refractivity contribution in [3.05, 3.63) is 35.9 Å². The molecule has 1 aromatic rings. The monoisotopic (exact) mass is 292 g/mol. The predicted octanol–water partition coefficient (Wildman–Crippen LogP) is 3.42. The van der Waals surface area contributed by atoms with E-state index < -0.39 is 5.60 Å². The first-order valence-electron chi connectivity index (χ1n) is 7.64. The van der Waals surface area contributed by atoms with Crippen LogP contribution in [0.5, 0.6) is 0 Å². The molecule has 0 heterocycles. The van der Waals surface area contributed by atoms with Gasteiger partial charge in [-0.2, -0.15) is 0 Å². The van der Waals surface area contributed by atoms with Gasteiger partial charge in [0.15, 0.2) is 0 Å². The molecule has 1 N–H and O–H groups in total. The Hall–Kier alpha value is -1.55. The molecule has 0 unspecified atom stereocenters. The van der Waals surface area contributed by atoms with Crippen molar-refractivity contribution >= 4 is 6.09 Å². The van der Waals surface area contributed by atoms with Gasteiger partial charge in [0.2, 0.25) is 0 Å². The molecule has 1 amide bonds. The standard InChI is InChI=1S/C17H28N2O2/c1-5-19(14-15-10-7-6-8-11-15)13-9-12-18-16(20)21-17(2,3)4/h6-8,10-11H,5,9,12-14H2,1-4H3,(H,18,20). The molecule has 1 aromatic carbocycles. The molecule has 0 aliphatic heterocycles. The van der Waals surface area contributed by atoms with Crippen LogP contribution in [0.25, 0.3) is 0 Å². The number of amides is 1. The third kappa shape index (κ3) is 8.35. The van der Waals surface area contributed by atoms with Crippen molar-refractivity contribution < 1.29 is 9.53 Å². The van der Waals surface area contributed by atoms with Crippen LogP contribution in [0.15, 0.2) is 30.3 Å². The van der Waals surface area contributed by atoms with E-state index in [0.29, 0.717) is 6.54 Å². The highest BCUT2D eigenvalue weighted by molar-refractivity contribution is 5.67. The Morgan fingerprint density at radius 1 is 1.24 bits per heavy atom. The lowest BCUT2D eigenvalue weighted by Gasteiger charge is -2.22. The quantitative estimate of drug-likeness (QED) is 0.783. The Morgan fingerprint density at radius 2 is 1.90 bits per heavy atom. The molecule has 0 radical (unpaired) electrons. The van der Waals surface area contributed by atoms with Crippen LogP contribution >= 0.6 is 0 Å². The zero-order chi connectivity index (χ0) is 15.7. The van der Waals surface area contributed by atoms with Gasteiger partial charge in [0.1, 0.15) is 5.60 Å². The van der Waals surface area contributed by atoms with E-state index in [1.54, 1.807) is 0 Å². The Balaban J connectivity index is 2.22. The van der Waals surface area contributed by atoms with Crippen LogP contribution in [-0.2, 0) is 11.3 Å². The highest BCUT2D eigenvalue weighted by atomic mass is 16.6. The lowest BCUT2D eigenvalue weighted by molar-refractivity contribution is 0.0525. The van der Waals surface area contributed by atoms with E-state index in [-0.39, 0.29) is 6.09 Å². The summed E-state index contributed by atoms with van der Waals surface area (Å²) in [4.78, 5) is 13.9. The van der Waals surface area contributed by atoms with Gasteiger partial charge in [-0.15, -0.1) is 0 Å². The fraction of sp³-hybridized carbons (Fsp3) is 0.588. The number of alkyl carbamates (subject to hydrolysis) is 1. The summed E-state index contributed by atoms with van der Waals surface area (Å²) in [5.41, 5.74) is 0.881. The largest absolute Gasteiger partial charge is 0.444 e. The summed E-state index contributed by atoms with van der Waals surface area (Å²) >= 11 is 0.